The fraction of sp³-hybridized carbons (Fsp3) is 0.727. The summed E-state index contributed by atoms with van der Waals surface area (Å²) in [5.74, 6) is 0. The minimum Gasteiger partial charge on any atom is -0.375 e. The van der Waals surface area contributed by atoms with E-state index in [2.05, 4.69) is 5.10 Å². The van der Waals surface area contributed by atoms with Crippen LogP contribution in [-0.4, -0.2) is 26.9 Å². The number of nitrogens with zero attached hydrogens (tertiary/aromatic N) is 3. The van der Waals surface area contributed by atoms with Crippen LogP contribution in [0.2, 0.25) is 0 Å². The van der Waals surface area contributed by atoms with Crippen molar-refractivity contribution in [2.24, 2.45) is 0 Å². The molecule has 0 radical (unpaired) electrons. The first-order chi connectivity index (χ1) is 7.97. The van der Waals surface area contributed by atoms with Gasteiger partial charge >= 0.3 is 5.69 Å². The molecule has 0 aliphatic carbocycles. The molecule has 2 rings (SSSR count). The molecule has 0 bridgehead atoms. The molecule has 0 saturated carbocycles. The van der Waals surface area contributed by atoms with Gasteiger partial charge in [-0.3, -0.25) is 14.8 Å². The molecule has 6 nitrogen and oxygen atoms in total. The SMILES string of the molecule is Cc1nn(C2CC(C)OC(C)C2)cc1[N+](=O)[O-]. The van der Waals surface area contributed by atoms with E-state index in [1.165, 1.54) is 6.20 Å². The number of aryl methyl sites for hydroxylation is 1. The monoisotopic (exact) mass is 239 g/mol. The van der Waals surface area contributed by atoms with Gasteiger partial charge in [0.05, 0.1) is 23.2 Å². The largest absolute Gasteiger partial charge is 0.375 e. The van der Waals surface area contributed by atoms with Crippen LogP contribution in [0.15, 0.2) is 6.20 Å². The third-order valence-corrected chi connectivity index (χ3v) is 3.13. The van der Waals surface area contributed by atoms with Gasteiger partial charge in [-0.25, -0.2) is 0 Å². The van der Waals surface area contributed by atoms with Crippen LogP contribution in [-0.2, 0) is 4.74 Å². The van der Waals surface area contributed by atoms with Crippen molar-refractivity contribution in [1.82, 2.24) is 9.78 Å². The number of rotatable bonds is 2. The lowest BCUT2D eigenvalue weighted by Crippen LogP contribution is -2.31. The van der Waals surface area contributed by atoms with Gasteiger partial charge in [0, 0.05) is 0 Å². The lowest BCUT2D eigenvalue weighted by atomic mass is 10.0. The average molecular weight is 239 g/mol. The Labute approximate surface area is 99.7 Å². The Balaban J connectivity index is 2.22. The molecule has 17 heavy (non-hydrogen) atoms. The zero-order valence-corrected chi connectivity index (χ0v) is 10.3. The molecule has 6 heteroatoms. The third kappa shape index (κ3) is 2.46. The second-order valence-electron chi connectivity index (χ2n) is 4.72. The minimum atomic E-state index is -0.384. The van der Waals surface area contributed by atoms with Gasteiger partial charge in [0.1, 0.15) is 11.9 Å². The first kappa shape index (κ1) is 12.0. The van der Waals surface area contributed by atoms with Crippen molar-refractivity contribution < 1.29 is 9.66 Å². The van der Waals surface area contributed by atoms with Crippen LogP contribution in [0.25, 0.3) is 0 Å². The summed E-state index contributed by atoms with van der Waals surface area (Å²) in [7, 11) is 0. The lowest BCUT2D eigenvalue weighted by Gasteiger charge is -2.31. The molecule has 94 valence electrons. The van der Waals surface area contributed by atoms with Crippen molar-refractivity contribution >= 4 is 5.69 Å². The molecule has 1 aromatic heterocycles. The fourth-order valence-electron chi connectivity index (χ4n) is 2.42. The molecule has 0 N–H and O–H groups in total. The topological polar surface area (TPSA) is 70.2 Å². The smallest absolute Gasteiger partial charge is 0.309 e. The summed E-state index contributed by atoms with van der Waals surface area (Å²) < 4.78 is 7.37. The fourth-order valence-corrected chi connectivity index (χ4v) is 2.42. The molecule has 1 aliphatic heterocycles. The highest BCUT2D eigenvalue weighted by Crippen LogP contribution is 2.30. The van der Waals surface area contributed by atoms with Gasteiger partial charge in [0.25, 0.3) is 0 Å². The molecule has 0 spiro atoms. The molecule has 1 saturated heterocycles. The van der Waals surface area contributed by atoms with Crippen LogP contribution in [0.1, 0.15) is 38.4 Å². The predicted octanol–water partition coefficient (Wildman–Crippen LogP) is 2.23. The Bertz CT molecular complexity index is 420. The molecular weight excluding hydrogens is 222 g/mol. The van der Waals surface area contributed by atoms with Crippen molar-refractivity contribution in [1.29, 1.82) is 0 Å². The van der Waals surface area contributed by atoms with Gasteiger partial charge in [-0.2, -0.15) is 5.10 Å². The highest BCUT2D eigenvalue weighted by molar-refractivity contribution is 5.31. The van der Waals surface area contributed by atoms with E-state index in [0.717, 1.165) is 12.8 Å². The summed E-state index contributed by atoms with van der Waals surface area (Å²) in [4.78, 5) is 10.4. The summed E-state index contributed by atoms with van der Waals surface area (Å²) in [6.45, 7) is 5.71. The van der Waals surface area contributed by atoms with Crippen LogP contribution < -0.4 is 0 Å². The van der Waals surface area contributed by atoms with Gasteiger partial charge in [-0.15, -0.1) is 0 Å². The van der Waals surface area contributed by atoms with Gasteiger partial charge in [0.2, 0.25) is 0 Å². The van der Waals surface area contributed by atoms with Gasteiger partial charge in [-0.1, -0.05) is 0 Å². The lowest BCUT2D eigenvalue weighted by molar-refractivity contribution is -0.385. The summed E-state index contributed by atoms with van der Waals surface area (Å²) >= 11 is 0. The number of hydrogen-bond donors (Lipinski definition) is 0. The van der Waals surface area contributed by atoms with Gasteiger partial charge in [0.15, 0.2) is 0 Å². The first-order valence-corrected chi connectivity index (χ1v) is 5.83. The first-order valence-electron chi connectivity index (χ1n) is 5.83. The van der Waals surface area contributed by atoms with E-state index < -0.39 is 0 Å². The van der Waals surface area contributed by atoms with Crippen molar-refractivity contribution in [2.45, 2.75) is 51.9 Å². The molecule has 1 fully saturated rings. The standard InChI is InChI=1S/C11H17N3O3/c1-7-4-10(5-8(2)17-7)13-6-11(14(15)16)9(3)12-13/h6-8,10H,4-5H2,1-3H3. The summed E-state index contributed by atoms with van der Waals surface area (Å²) in [6.07, 6.45) is 3.58. The Morgan fingerprint density at radius 3 is 2.53 bits per heavy atom. The quantitative estimate of drug-likeness (QED) is 0.586. The second kappa shape index (κ2) is 4.44. The number of hydrogen-bond acceptors (Lipinski definition) is 4. The van der Waals surface area contributed by atoms with E-state index in [9.17, 15) is 10.1 Å². The van der Waals surface area contributed by atoms with Crippen LogP contribution in [0.4, 0.5) is 5.69 Å². The summed E-state index contributed by atoms with van der Waals surface area (Å²) in [6, 6.07) is 0.196. The number of aromatic nitrogens is 2. The number of nitro groups is 1. The van der Waals surface area contributed by atoms with Crippen molar-refractivity contribution in [2.75, 3.05) is 0 Å². The van der Waals surface area contributed by atoms with Crippen LogP contribution in [0.3, 0.4) is 0 Å². The molecule has 1 aromatic rings. The summed E-state index contributed by atoms with van der Waals surface area (Å²) in [5.41, 5.74) is 0.568. The Kier molecular flexibility index (Phi) is 3.15. The number of ether oxygens (including phenoxy) is 1. The van der Waals surface area contributed by atoms with Crippen molar-refractivity contribution in [3.05, 3.63) is 22.0 Å². The normalized spacial score (nSPS) is 29.2. The van der Waals surface area contributed by atoms with Crippen LogP contribution in [0, 0.1) is 17.0 Å². The maximum absolute atomic E-state index is 10.8. The minimum absolute atomic E-state index is 0.0943. The molecule has 2 atom stereocenters. The molecule has 0 amide bonds. The second-order valence-corrected chi connectivity index (χ2v) is 4.72. The average Bonchev–Trinajstić information content (AvgIpc) is 2.59. The van der Waals surface area contributed by atoms with Crippen molar-refractivity contribution in [3.63, 3.8) is 0 Å². The summed E-state index contributed by atoms with van der Waals surface area (Å²) in [5, 5.41) is 15.0. The van der Waals surface area contributed by atoms with Gasteiger partial charge < -0.3 is 4.74 Å². The highest BCUT2D eigenvalue weighted by Gasteiger charge is 2.28. The Hall–Kier alpha value is -1.43. The van der Waals surface area contributed by atoms with Crippen LogP contribution in [0.5, 0.6) is 0 Å². The zero-order valence-electron chi connectivity index (χ0n) is 10.3. The van der Waals surface area contributed by atoms with Crippen molar-refractivity contribution in [3.8, 4) is 0 Å². The third-order valence-electron chi connectivity index (χ3n) is 3.13. The molecule has 0 aromatic carbocycles. The molecule has 2 unspecified atom stereocenters. The molecule has 1 aliphatic rings. The van der Waals surface area contributed by atoms with E-state index >= 15 is 0 Å². The Morgan fingerprint density at radius 1 is 1.47 bits per heavy atom. The molecular formula is C11H17N3O3. The van der Waals surface area contributed by atoms with Crippen LogP contribution >= 0.6 is 0 Å². The van der Waals surface area contributed by atoms with E-state index in [4.69, 9.17) is 4.74 Å². The van der Waals surface area contributed by atoms with E-state index in [0.29, 0.717) is 5.69 Å². The highest BCUT2D eigenvalue weighted by atomic mass is 16.6. The maximum atomic E-state index is 10.8. The van der Waals surface area contributed by atoms with E-state index in [1.807, 2.05) is 13.8 Å². The molecule has 2 heterocycles. The van der Waals surface area contributed by atoms with E-state index in [-0.39, 0.29) is 28.9 Å². The van der Waals surface area contributed by atoms with Gasteiger partial charge in [-0.05, 0) is 33.6 Å². The Morgan fingerprint density at radius 2 is 2.06 bits per heavy atom. The van der Waals surface area contributed by atoms with E-state index in [1.54, 1.807) is 11.6 Å². The maximum Gasteiger partial charge on any atom is 0.309 e. The predicted molar refractivity (Wildman–Crippen MR) is 61.9 cm³/mol. The zero-order chi connectivity index (χ0) is 12.6.